The molecule has 5 heteroatoms. The summed E-state index contributed by atoms with van der Waals surface area (Å²) in [6, 6.07) is -0.659. The predicted octanol–water partition coefficient (Wildman–Crippen LogP) is -0.344. The van der Waals surface area contributed by atoms with Crippen LogP contribution in [0.4, 0.5) is 0 Å². The minimum Gasteiger partial charge on any atom is -0.388 e. The molecule has 1 heterocycles. The molecule has 0 aromatic heterocycles. The highest BCUT2D eigenvalue weighted by Gasteiger charge is 2.43. The van der Waals surface area contributed by atoms with Gasteiger partial charge >= 0.3 is 0 Å². The van der Waals surface area contributed by atoms with Crippen molar-refractivity contribution in [1.82, 2.24) is 5.32 Å². The van der Waals surface area contributed by atoms with Gasteiger partial charge in [-0.25, -0.2) is 0 Å². The van der Waals surface area contributed by atoms with Gasteiger partial charge in [0.25, 0.3) is 0 Å². The van der Waals surface area contributed by atoms with Crippen LogP contribution in [-0.2, 0) is 9.53 Å². The standard InChI is InChI=1S/C11H21NO4/c1-5(2)11-10(15)8(12-7(4)13)9(14)6(3)16-11/h5-6,8-11,14-15H,1-4H3,(H,12,13)/t6?,8?,9-,10+,11-/m0/s1. The van der Waals surface area contributed by atoms with Crippen molar-refractivity contribution < 1.29 is 19.7 Å². The zero-order valence-electron chi connectivity index (χ0n) is 10.2. The van der Waals surface area contributed by atoms with Crippen LogP contribution in [0.25, 0.3) is 0 Å². The lowest BCUT2D eigenvalue weighted by molar-refractivity contribution is -0.191. The summed E-state index contributed by atoms with van der Waals surface area (Å²) in [7, 11) is 0. The molecule has 0 radical (unpaired) electrons. The van der Waals surface area contributed by atoms with Gasteiger partial charge in [0.05, 0.1) is 18.2 Å². The number of carbonyl (C=O) groups is 1. The van der Waals surface area contributed by atoms with Crippen LogP contribution in [0.5, 0.6) is 0 Å². The van der Waals surface area contributed by atoms with Gasteiger partial charge in [-0.15, -0.1) is 0 Å². The Kier molecular flexibility index (Phi) is 4.29. The average molecular weight is 231 g/mol. The van der Waals surface area contributed by atoms with E-state index < -0.39 is 24.4 Å². The first-order chi connectivity index (χ1) is 7.34. The smallest absolute Gasteiger partial charge is 0.217 e. The van der Waals surface area contributed by atoms with Crippen molar-refractivity contribution >= 4 is 5.91 Å². The fourth-order valence-corrected chi connectivity index (χ4v) is 2.06. The summed E-state index contributed by atoms with van der Waals surface area (Å²) in [5.41, 5.74) is 0. The molecule has 1 aliphatic heterocycles. The van der Waals surface area contributed by atoms with Gasteiger partial charge in [-0.05, 0) is 12.8 Å². The highest BCUT2D eigenvalue weighted by Crippen LogP contribution is 2.25. The Balaban J connectivity index is 2.81. The van der Waals surface area contributed by atoms with Crippen molar-refractivity contribution in [2.75, 3.05) is 0 Å². The predicted molar refractivity (Wildman–Crippen MR) is 58.8 cm³/mol. The molecule has 0 saturated carbocycles. The van der Waals surface area contributed by atoms with E-state index >= 15 is 0 Å². The minimum absolute atomic E-state index is 0.126. The summed E-state index contributed by atoms with van der Waals surface area (Å²) < 4.78 is 5.53. The van der Waals surface area contributed by atoms with Gasteiger partial charge < -0.3 is 20.3 Å². The molecule has 16 heavy (non-hydrogen) atoms. The SMILES string of the molecule is CC(=O)NC1[C@@H](O)C(C)O[C@@H](C(C)C)[C@@H]1O. The molecule has 0 aromatic carbocycles. The second-order valence-electron chi connectivity index (χ2n) is 4.76. The average Bonchev–Trinajstić information content (AvgIpc) is 2.17. The number of amides is 1. The molecule has 2 unspecified atom stereocenters. The van der Waals surface area contributed by atoms with Crippen molar-refractivity contribution in [3.63, 3.8) is 0 Å². The number of aliphatic hydroxyl groups excluding tert-OH is 2. The molecule has 1 amide bonds. The van der Waals surface area contributed by atoms with E-state index in [1.54, 1.807) is 6.92 Å². The topological polar surface area (TPSA) is 78.8 Å². The molecule has 1 rings (SSSR count). The molecule has 5 atom stereocenters. The lowest BCUT2D eigenvalue weighted by Crippen LogP contribution is -2.63. The Bertz CT molecular complexity index is 256. The van der Waals surface area contributed by atoms with E-state index in [0.29, 0.717) is 0 Å². The first-order valence-corrected chi connectivity index (χ1v) is 5.63. The Morgan fingerprint density at radius 3 is 2.31 bits per heavy atom. The van der Waals surface area contributed by atoms with E-state index in [2.05, 4.69) is 5.32 Å². The van der Waals surface area contributed by atoms with Gasteiger partial charge in [-0.3, -0.25) is 4.79 Å². The third kappa shape index (κ3) is 2.72. The Morgan fingerprint density at radius 1 is 1.31 bits per heavy atom. The van der Waals surface area contributed by atoms with Crippen LogP contribution in [-0.4, -0.2) is 46.6 Å². The summed E-state index contributed by atoms with van der Waals surface area (Å²) in [6.45, 7) is 6.97. The van der Waals surface area contributed by atoms with Crippen LogP contribution in [0.1, 0.15) is 27.7 Å². The summed E-state index contributed by atoms with van der Waals surface area (Å²) in [4.78, 5) is 11.0. The van der Waals surface area contributed by atoms with Crippen LogP contribution < -0.4 is 5.32 Å². The lowest BCUT2D eigenvalue weighted by Gasteiger charge is -2.43. The largest absolute Gasteiger partial charge is 0.388 e. The maximum Gasteiger partial charge on any atom is 0.217 e. The van der Waals surface area contributed by atoms with E-state index in [0.717, 1.165) is 0 Å². The summed E-state index contributed by atoms with van der Waals surface area (Å²) in [5, 5.41) is 22.5. The molecular formula is C11H21NO4. The number of hydrogen-bond acceptors (Lipinski definition) is 4. The Morgan fingerprint density at radius 2 is 1.88 bits per heavy atom. The molecule has 94 valence electrons. The second-order valence-corrected chi connectivity index (χ2v) is 4.76. The zero-order chi connectivity index (χ0) is 12.5. The van der Waals surface area contributed by atoms with E-state index in [1.807, 2.05) is 13.8 Å². The number of hydrogen-bond donors (Lipinski definition) is 3. The number of aliphatic hydroxyl groups is 2. The maximum absolute atomic E-state index is 11.0. The van der Waals surface area contributed by atoms with E-state index in [4.69, 9.17) is 4.74 Å². The van der Waals surface area contributed by atoms with Crippen LogP contribution in [0, 0.1) is 5.92 Å². The maximum atomic E-state index is 11.0. The molecule has 0 aliphatic carbocycles. The van der Waals surface area contributed by atoms with Gasteiger partial charge in [0, 0.05) is 6.92 Å². The van der Waals surface area contributed by atoms with Crippen LogP contribution in [0.2, 0.25) is 0 Å². The van der Waals surface area contributed by atoms with Crippen LogP contribution >= 0.6 is 0 Å². The molecule has 3 N–H and O–H groups in total. The molecule has 1 aliphatic rings. The monoisotopic (exact) mass is 231 g/mol. The first-order valence-electron chi connectivity index (χ1n) is 5.63. The molecule has 0 spiro atoms. The van der Waals surface area contributed by atoms with E-state index in [9.17, 15) is 15.0 Å². The summed E-state index contributed by atoms with van der Waals surface area (Å²) in [6.07, 6.45) is -2.52. The molecule has 0 aromatic rings. The molecular weight excluding hydrogens is 210 g/mol. The van der Waals surface area contributed by atoms with E-state index in [-0.39, 0.29) is 17.9 Å². The van der Waals surface area contributed by atoms with Crippen molar-refractivity contribution in [2.45, 2.75) is 58.2 Å². The fraction of sp³-hybridized carbons (Fsp3) is 0.909. The van der Waals surface area contributed by atoms with Crippen LogP contribution in [0.15, 0.2) is 0 Å². The first kappa shape index (κ1) is 13.4. The number of rotatable bonds is 2. The van der Waals surface area contributed by atoms with Crippen molar-refractivity contribution in [2.24, 2.45) is 5.92 Å². The lowest BCUT2D eigenvalue weighted by atomic mass is 9.88. The van der Waals surface area contributed by atoms with Gasteiger partial charge in [-0.1, -0.05) is 13.8 Å². The fourth-order valence-electron chi connectivity index (χ4n) is 2.06. The number of ether oxygens (including phenoxy) is 1. The van der Waals surface area contributed by atoms with Gasteiger partial charge in [0.15, 0.2) is 0 Å². The number of nitrogens with one attached hydrogen (secondary N) is 1. The van der Waals surface area contributed by atoms with Crippen LogP contribution in [0.3, 0.4) is 0 Å². The highest BCUT2D eigenvalue weighted by molar-refractivity contribution is 5.73. The molecule has 0 bridgehead atoms. The third-order valence-electron chi connectivity index (χ3n) is 2.95. The van der Waals surface area contributed by atoms with Crippen molar-refractivity contribution in [3.05, 3.63) is 0 Å². The van der Waals surface area contributed by atoms with E-state index in [1.165, 1.54) is 6.92 Å². The molecule has 1 fully saturated rings. The zero-order valence-corrected chi connectivity index (χ0v) is 10.2. The quantitative estimate of drug-likeness (QED) is 0.607. The number of carbonyl (C=O) groups excluding carboxylic acids is 1. The minimum atomic E-state index is -0.881. The molecule has 5 nitrogen and oxygen atoms in total. The summed E-state index contributed by atoms with van der Waals surface area (Å²) in [5.74, 6) is -0.138. The third-order valence-corrected chi connectivity index (χ3v) is 2.95. The Hall–Kier alpha value is -0.650. The van der Waals surface area contributed by atoms with Crippen molar-refractivity contribution in [1.29, 1.82) is 0 Å². The highest BCUT2D eigenvalue weighted by atomic mass is 16.5. The molecule has 1 saturated heterocycles. The second kappa shape index (κ2) is 5.12. The van der Waals surface area contributed by atoms with Gasteiger partial charge in [0.1, 0.15) is 12.2 Å². The normalized spacial score (nSPS) is 39.8. The van der Waals surface area contributed by atoms with Gasteiger partial charge in [0.2, 0.25) is 5.91 Å². The Labute approximate surface area is 95.8 Å². The summed E-state index contributed by atoms with van der Waals surface area (Å²) >= 11 is 0. The van der Waals surface area contributed by atoms with Gasteiger partial charge in [-0.2, -0.15) is 0 Å². The van der Waals surface area contributed by atoms with Crippen molar-refractivity contribution in [3.8, 4) is 0 Å².